The Labute approximate surface area is 230 Å². The first kappa shape index (κ1) is 27.0. The van der Waals surface area contributed by atoms with Crippen molar-refractivity contribution >= 4 is 17.5 Å². The van der Waals surface area contributed by atoms with Crippen molar-refractivity contribution < 1.29 is 39.5 Å². The number of primary amides is 1. The molecule has 0 saturated carbocycles. The van der Waals surface area contributed by atoms with Crippen LogP contribution in [0.4, 0.5) is 0 Å². The van der Waals surface area contributed by atoms with Gasteiger partial charge in [0, 0.05) is 22.6 Å². The summed E-state index contributed by atoms with van der Waals surface area (Å²) in [6.45, 7) is 0. The fourth-order valence-corrected chi connectivity index (χ4v) is 6.18. The minimum absolute atomic E-state index is 0.00671. The molecule has 3 aliphatic carbocycles. The molecule has 4 atom stereocenters. The number of phenolic OH excluding ortho intramolecular Hbond substituents is 1. The van der Waals surface area contributed by atoms with Crippen LogP contribution in [0.1, 0.15) is 33.5 Å². The second-order valence-corrected chi connectivity index (χ2v) is 10.4. The Kier molecular flexibility index (Phi) is 6.45. The van der Waals surface area contributed by atoms with Crippen molar-refractivity contribution in [3.8, 4) is 23.3 Å². The summed E-state index contributed by atoms with van der Waals surface area (Å²) >= 11 is 0. The zero-order valence-corrected chi connectivity index (χ0v) is 22.1. The number of ether oxygens (including phenoxy) is 1. The highest BCUT2D eigenvalue weighted by Gasteiger charge is 2.63. The second kappa shape index (κ2) is 9.55. The Balaban J connectivity index is 1.64. The molecule has 6 N–H and O–H groups in total. The number of nitrogens with two attached hydrogens (primary N) is 1. The lowest BCUT2D eigenvalue weighted by Crippen LogP contribution is -2.63. The summed E-state index contributed by atoms with van der Waals surface area (Å²) in [5, 5.41) is 44.6. The van der Waals surface area contributed by atoms with Crippen LogP contribution in [-0.2, 0) is 16.0 Å². The topological polar surface area (TPSA) is 171 Å². The van der Waals surface area contributed by atoms with Crippen LogP contribution < -0.4 is 10.5 Å². The van der Waals surface area contributed by atoms with Gasteiger partial charge in [-0.1, -0.05) is 11.8 Å². The lowest BCUT2D eigenvalue weighted by molar-refractivity contribution is -0.148. The molecular formula is C30H28N2O8. The molecule has 0 radical (unpaired) electrons. The average Bonchev–Trinajstić information content (AvgIpc) is 2.90. The summed E-state index contributed by atoms with van der Waals surface area (Å²) in [5.74, 6) is -0.122. The van der Waals surface area contributed by atoms with Gasteiger partial charge in [-0.15, -0.1) is 0 Å². The third-order valence-electron chi connectivity index (χ3n) is 8.04. The highest BCUT2D eigenvalue weighted by Crippen LogP contribution is 2.52. The molecule has 10 nitrogen and oxygen atoms in total. The van der Waals surface area contributed by atoms with E-state index in [0.29, 0.717) is 22.4 Å². The predicted octanol–water partition coefficient (Wildman–Crippen LogP) is 1.53. The number of aliphatic hydroxyl groups excluding tert-OH is 2. The van der Waals surface area contributed by atoms with Crippen molar-refractivity contribution in [2.75, 3.05) is 21.2 Å². The first-order chi connectivity index (χ1) is 18.9. The number of carbonyl (C=O) groups excluding carboxylic acids is 3. The molecule has 0 aliphatic heterocycles. The van der Waals surface area contributed by atoms with E-state index in [9.17, 15) is 34.8 Å². The third kappa shape index (κ3) is 3.86. The summed E-state index contributed by atoms with van der Waals surface area (Å²) in [6, 6.07) is 8.98. The highest BCUT2D eigenvalue weighted by molar-refractivity contribution is 6.24. The Morgan fingerprint density at radius 3 is 2.35 bits per heavy atom. The van der Waals surface area contributed by atoms with E-state index in [-0.39, 0.29) is 29.7 Å². The van der Waals surface area contributed by atoms with Gasteiger partial charge in [-0.2, -0.15) is 0 Å². The second-order valence-electron chi connectivity index (χ2n) is 10.4. The van der Waals surface area contributed by atoms with Gasteiger partial charge in [0.2, 0.25) is 5.78 Å². The Bertz CT molecular complexity index is 1590. The first-order valence-corrected chi connectivity index (χ1v) is 12.6. The molecule has 10 heteroatoms. The molecular weight excluding hydrogens is 516 g/mol. The standard InChI is InChI=1S/C30H28N2O8/c1-32(2)24-19-13-16-12-18-15(7-4-14-5-9-17(40-3)10-6-14)8-11-20(33)22(18)25(34)21(16)27(36)30(19,39)28(37)23(26(24)35)29(31)38/h5-6,8-11,16,19,24,33,35-36,39H,12-13H2,1-3H3,(H2,31,38)/t16-,19-,24-,30-/m0/s1. The molecule has 3 aliphatic rings. The average molecular weight is 545 g/mol. The number of carbonyl (C=O) groups is 3. The van der Waals surface area contributed by atoms with Crippen LogP contribution in [-0.4, -0.2) is 75.6 Å². The number of aromatic hydroxyl groups is 1. The van der Waals surface area contributed by atoms with Gasteiger partial charge in [0.1, 0.15) is 28.6 Å². The normalized spacial score (nSPS) is 25.6. The highest BCUT2D eigenvalue weighted by atomic mass is 16.5. The van der Waals surface area contributed by atoms with Crippen LogP contribution in [0.5, 0.6) is 11.5 Å². The van der Waals surface area contributed by atoms with E-state index in [1.54, 1.807) is 51.5 Å². The Hall–Kier alpha value is -4.59. The van der Waals surface area contributed by atoms with E-state index in [1.165, 1.54) is 11.0 Å². The number of amides is 1. The van der Waals surface area contributed by atoms with Gasteiger partial charge in [0.15, 0.2) is 11.4 Å². The third-order valence-corrected chi connectivity index (χ3v) is 8.04. The maximum atomic E-state index is 13.8. The zero-order chi connectivity index (χ0) is 29.1. The number of rotatable bonds is 3. The summed E-state index contributed by atoms with van der Waals surface area (Å²) < 4.78 is 5.17. The molecule has 0 spiro atoms. The molecule has 1 amide bonds. The molecule has 0 fully saturated rings. The molecule has 0 aromatic heterocycles. The van der Waals surface area contributed by atoms with Crippen molar-refractivity contribution in [1.82, 2.24) is 4.90 Å². The van der Waals surface area contributed by atoms with Gasteiger partial charge in [0.05, 0.1) is 18.7 Å². The van der Waals surface area contributed by atoms with Crippen LogP contribution in [0.15, 0.2) is 59.1 Å². The van der Waals surface area contributed by atoms with Crippen molar-refractivity contribution in [3.63, 3.8) is 0 Å². The minimum Gasteiger partial charge on any atom is -0.510 e. The number of hydrogen-bond acceptors (Lipinski definition) is 9. The molecule has 40 heavy (non-hydrogen) atoms. The first-order valence-electron chi connectivity index (χ1n) is 12.6. The maximum Gasteiger partial charge on any atom is 0.255 e. The fraction of sp³-hybridized carbons (Fsp3) is 0.300. The largest absolute Gasteiger partial charge is 0.510 e. The van der Waals surface area contributed by atoms with Crippen LogP contribution in [0.25, 0.3) is 0 Å². The van der Waals surface area contributed by atoms with Crippen LogP contribution >= 0.6 is 0 Å². The number of phenols is 1. The van der Waals surface area contributed by atoms with E-state index in [0.717, 1.165) is 0 Å². The summed E-state index contributed by atoms with van der Waals surface area (Å²) in [4.78, 5) is 40.7. The number of methoxy groups -OCH3 is 1. The van der Waals surface area contributed by atoms with Crippen LogP contribution in [0.2, 0.25) is 0 Å². The summed E-state index contributed by atoms with van der Waals surface area (Å²) in [6.07, 6.45) is 0.169. The summed E-state index contributed by atoms with van der Waals surface area (Å²) in [5.41, 5.74) is 3.22. The number of fused-ring (bicyclic) bond motifs is 3. The van der Waals surface area contributed by atoms with Gasteiger partial charge < -0.3 is 30.9 Å². The van der Waals surface area contributed by atoms with Gasteiger partial charge in [-0.3, -0.25) is 19.3 Å². The van der Waals surface area contributed by atoms with Gasteiger partial charge in [0.25, 0.3) is 5.91 Å². The predicted molar refractivity (Wildman–Crippen MR) is 143 cm³/mol. The monoisotopic (exact) mass is 544 g/mol. The lowest BCUT2D eigenvalue weighted by Gasteiger charge is -2.50. The molecule has 0 bridgehead atoms. The number of allylic oxidation sites excluding steroid dienone is 1. The number of hydrogen-bond donors (Lipinski definition) is 5. The van der Waals surface area contributed by atoms with Crippen molar-refractivity contribution in [2.24, 2.45) is 17.6 Å². The number of ketones is 2. The number of aliphatic hydroxyl groups is 3. The van der Waals surface area contributed by atoms with E-state index in [1.807, 2.05) is 0 Å². The molecule has 0 heterocycles. The Morgan fingerprint density at radius 1 is 1.07 bits per heavy atom. The van der Waals surface area contributed by atoms with E-state index in [2.05, 4.69) is 11.8 Å². The quantitative estimate of drug-likeness (QED) is 0.284. The number of benzene rings is 2. The molecule has 2 aromatic carbocycles. The smallest absolute Gasteiger partial charge is 0.255 e. The number of nitrogens with zero attached hydrogens (tertiary/aromatic N) is 1. The van der Waals surface area contributed by atoms with Crippen LogP contribution in [0, 0.1) is 23.7 Å². The van der Waals surface area contributed by atoms with Crippen molar-refractivity contribution in [2.45, 2.75) is 24.5 Å². The molecule has 2 aromatic rings. The number of Topliss-reactive ketones (excluding diaryl/α,β-unsaturated/α-hetero) is 2. The minimum atomic E-state index is -2.67. The van der Waals surface area contributed by atoms with Crippen molar-refractivity contribution in [3.05, 3.63) is 81.3 Å². The molecule has 206 valence electrons. The van der Waals surface area contributed by atoms with Crippen LogP contribution in [0.3, 0.4) is 0 Å². The van der Waals surface area contributed by atoms with E-state index < -0.39 is 58.0 Å². The molecule has 0 unspecified atom stereocenters. The molecule has 0 saturated heterocycles. The fourth-order valence-electron chi connectivity index (χ4n) is 6.18. The van der Waals surface area contributed by atoms with E-state index in [4.69, 9.17) is 10.5 Å². The van der Waals surface area contributed by atoms with Gasteiger partial charge in [-0.05, 0) is 74.8 Å². The van der Waals surface area contributed by atoms with Gasteiger partial charge >= 0.3 is 0 Å². The van der Waals surface area contributed by atoms with E-state index >= 15 is 0 Å². The van der Waals surface area contributed by atoms with Crippen molar-refractivity contribution in [1.29, 1.82) is 0 Å². The SMILES string of the molecule is COc1ccc(C#Cc2ccc(O)c3c2C[C@H]2C[C@H]4[C@H](N(C)C)C(O)=C(C(N)=O)C(=O)[C@@]4(O)C(O)=C2C3=O)cc1. The Morgan fingerprint density at radius 2 is 1.75 bits per heavy atom. The lowest BCUT2D eigenvalue weighted by atomic mass is 9.58. The zero-order valence-electron chi connectivity index (χ0n) is 22.1. The maximum absolute atomic E-state index is 13.8. The number of likely N-dealkylation sites (N-methyl/N-ethyl adjacent to an activating group) is 1. The molecule has 5 rings (SSSR count). The summed E-state index contributed by atoms with van der Waals surface area (Å²) in [7, 11) is 4.72. The van der Waals surface area contributed by atoms with Gasteiger partial charge in [-0.25, -0.2) is 0 Å².